The molecule has 1 aromatic rings. The first kappa shape index (κ1) is 41.1. The Morgan fingerprint density at radius 2 is 1.74 bits per heavy atom. The van der Waals surface area contributed by atoms with Gasteiger partial charge in [0.25, 0.3) is 0 Å². The van der Waals surface area contributed by atoms with Crippen LogP contribution in [-0.4, -0.2) is 98.9 Å². The van der Waals surface area contributed by atoms with E-state index in [1.807, 2.05) is 0 Å². The number of nitrogens with one attached hydrogen (secondary N) is 1. The van der Waals surface area contributed by atoms with E-state index in [0.717, 1.165) is 0 Å². The van der Waals surface area contributed by atoms with Crippen LogP contribution >= 0.6 is 0 Å². The summed E-state index contributed by atoms with van der Waals surface area (Å²) in [7, 11) is 0. The molecule has 15 nitrogen and oxygen atoms in total. The van der Waals surface area contributed by atoms with Gasteiger partial charge in [-0.05, 0) is 87.1 Å². The summed E-state index contributed by atoms with van der Waals surface area (Å²) in [5, 5.41) is 42.8. The van der Waals surface area contributed by atoms with Crippen molar-refractivity contribution in [2.24, 2.45) is 28.6 Å². The van der Waals surface area contributed by atoms with Crippen molar-refractivity contribution in [2.75, 3.05) is 19.8 Å². The van der Waals surface area contributed by atoms with Crippen LogP contribution in [0.3, 0.4) is 0 Å². The third-order valence-corrected chi connectivity index (χ3v) is 12.2. The summed E-state index contributed by atoms with van der Waals surface area (Å²) in [5.74, 6) is -3.94. The number of ether oxygens (including phenoxy) is 3. The van der Waals surface area contributed by atoms with Gasteiger partial charge in [-0.15, -0.1) is 0 Å². The molecule has 5 N–H and O–H groups in total. The van der Waals surface area contributed by atoms with Crippen molar-refractivity contribution in [3.8, 4) is 5.75 Å². The molecule has 0 radical (unpaired) electrons. The van der Waals surface area contributed by atoms with Gasteiger partial charge >= 0.3 is 12.1 Å². The molecule has 0 saturated heterocycles. The van der Waals surface area contributed by atoms with Gasteiger partial charge in [0.1, 0.15) is 17.4 Å². The average molecular weight is 761 g/mol. The molecule has 4 aliphatic rings. The number of amides is 1. The zero-order valence-corrected chi connectivity index (χ0v) is 30.8. The number of carbonyl (C=O) groups excluding carboxylic acids is 5. The van der Waals surface area contributed by atoms with Gasteiger partial charge in [-0.1, -0.05) is 37.6 Å². The minimum Gasteiger partial charge on any atom is -0.464 e. The van der Waals surface area contributed by atoms with Crippen LogP contribution in [0.5, 0.6) is 5.75 Å². The Hall–Kier alpha value is -4.06. The summed E-state index contributed by atoms with van der Waals surface area (Å²) in [6.07, 6.45) is 3.19. The molecule has 0 bridgehead atoms. The van der Waals surface area contributed by atoms with Crippen molar-refractivity contribution in [1.82, 2.24) is 10.7 Å². The summed E-state index contributed by atoms with van der Waals surface area (Å²) < 4.78 is 33.0. The van der Waals surface area contributed by atoms with E-state index in [1.54, 1.807) is 39.0 Å². The number of aliphatic hydroxyl groups is 2. The lowest BCUT2D eigenvalue weighted by Crippen LogP contribution is -2.69. The summed E-state index contributed by atoms with van der Waals surface area (Å²) in [6.45, 7) is 5.48. The lowest BCUT2D eigenvalue weighted by molar-refractivity contribution is -0.492. The SMILES string of the molecule is CC(=O)N[C@@H](Cc1ccc(OC(=O)OCC(=O)[C@@]2(O)[C@H](C)C[C@H]3[C@@H]4CCC5=CC(=O)C=C[C@]5(C)[C@@]4(F)[C@@H](O)C[C@@]32C)cc1)C(=O)OCCCCON(O)O. The Labute approximate surface area is 311 Å². The van der Waals surface area contributed by atoms with Crippen molar-refractivity contribution in [3.05, 3.63) is 53.6 Å². The molecule has 4 aliphatic carbocycles. The van der Waals surface area contributed by atoms with E-state index < -0.39 is 87.8 Å². The maximum atomic E-state index is 17.4. The highest BCUT2D eigenvalue weighted by Crippen LogP contribution is 2.70. The number of Topliss-reactive ketones (excluding diaryl/α,β-unsaturated/α-hetero) is 1. The summed E-state index contributed by atoms with van der Waals surface area (Å²) in [5.41, 5.74) is -5.41. The molecule has 1 aromatic carbocycles. The second-order valence-corrected chi connectivity index (χ2v) is 15.3. The molecule has 296 valence electrons. The van der Waals surface area contributed by atoms with Crippen molar-refractivity contribution < 1.29 is 68.0 Å². The number of allylic oxidation sites excluding steroid dienone is 4. The average Bonchev–Trinajstić information content (AvgIpc) is 3.31. The molecule has 0 aliphatic heterocycles. The highest BCUT2D eigenvalue weighted by atomic mass is 19.1. The van der Waals surface area contributed by atoms with E-state index in [9.17, 15) is 34.2 Å². The van der Waals surface area contributed by atoms with Crippen molar-refractivity contribution in [1.29, 1.82) is 0 Å². The molecule has 0 unspecified atom stereocenters. The minimum absolute atomic E-state index is 0.00336. The van der Waals surface area contributed by atoms with Crippen LogP contribution in [0.25, 0.3) is 0 Å². The first-order chi connectivity index (χ1) is 25.4. The van der Waals surface area contributed by atoms with Gasteiger partial charge in [-0.2, -0.15) is 0 Å². The topological polar surface area (TPSA) is 218 Å². The molecule has 0 spiro atoms. The van der Waals surface area contributed by atoms with Gasteiger partial charge in [-0.3, -0.25) is 29.6 Å². The molecule has 3 fully saturated rings. The van der Waals surface area contributed by atoms with Crippen LogP contribution in [0.15, 0.2) is 48.1 Å². The van der Waals surface area contributed by atoms with Gasteiger partial charge in [0.05, 0.1) is 24.7 Å². The minimum atomic E-state index is -2.13. The van der Waals surface area contributed by atoms with E-state index in [0.29, 0.717) is 43.2 Å². The molecule has 3 saturated carbocycles. The highest BCUT2D eigenvalue weighted by Gasteiger charge is 2.75. The zero-order valence-electron chi connectivity index (χ0n) is 30.8. The van der Waals surface area contributed by atoms with Crippen LogP contribution in [0.2, 0.25) is 0 Å². The number of aliphatic hydroxyl groups excluding tert-OH is 1. The van der Waals surface area contributed by atoms with E-state index in [2.05, 4.69) is 10.2 Å². The molecular formula is C38H49FN2O13. The third kappa shape index (κ3) is 7.59. The van der Waals surface area contributed by atoms with E-state index >= 15 is 4.39 Å². The summed E-state index contributed by atoms with van der Waals surface area (Å²) >= 11 is 0. The normalized spacial score (nSPS) is 33.1. The van der Waals surface area contributed by atoms with Crippen molar-refractivity contribution in [3.63, 3.8) is 0 Å². The van der Waals surface area contributed by atoms with E-state index in [-0.39, 0.29) is 37.6 Å². The predicted molar refractivity (Wildman–Crippen MR) is 184 cm³/mol. The number of unbranched alkanes of at least 4 members (excludes halogenated alkanes) is 1. The number of rotatable bonds is 14. The second-order valence-electron chi connectivity index (χ2n) is 15.3. The number of halogens is 1. The summed E-state index contributed by atoms with van der Waals surface area (Å²) in [6, 6.07) is 4.93. The molecule has 54 heavy (non-hydrogen) atoms. The smallest absolute Gasteiger partial charge is 0.464 e. The number of ketones is 2. The largest absolute Gasteiger partial charge is 0.514 e. The number of carbonyl (C=O) groups is 5. The van der Waals surface area contributed by atoms with Crippen molar-refractivity contribution >= 4 is 29.6 Å². The number of alkyl halides is 1. The Balaban J connectivity index is 1.17. The van der Waals surface area contributed by atoms with Crippen LogP contribution in [-0.2, 0) is 39.9 Å². The fraction of sp³-hybridized carbons (Fsp3) is 0.605. The quantitative estimate of drug-likeness (QED) is 0.0794. The summed E-state index contributed by atoms with van der Waals surface area (Å²) in [4.78, 5) is 67.4. The monoisotopic (exact) mass is 760 g/mol. The standard InChI is InChI=1S/C38H49FN2O13/c1-22-17-29-28-12-9-25-19-26(43)13-14-35(25,3)37(28,39)31(44)20-36(29,4)38(22,48)32(45)21-52-34(47)54-27-10-7-24(8-11-27)18-30(40-23(2)42)33(46)51-15-5-6-16-53-41(49)50/h7-8,10-11,13-14,19,22,28-31,44,48-50H,5-6,9,12,15-18,20-21H2,1-4H3,(H,40,42)/t22-,28+,29+,30+,31+,35+,36+,37+,38+/m1/s1. The van der Waals surface area contributed by atoms with Gasteiger partial charge in [-0.25, -0.2) is 14.0 Å². The molecular weight excluding hydrogens is 711 g/mol. The van der Waals surface area contributed by atoms with Crippen LogP contribution < -0.4 is 10.1 Å². The van der Waals surface area contributed by atoms with Gasteiger partial charge in [0.15, 0.2) is 18.1 Å². The molecule has 0 heterocycles. The third-order valence-electron chi connectivity index (χ3n) is 12.2. The molecule has 16 heteroatoms. The number of hydrogen-bond donors (Lipinski definition) is 5. The lowest BCUT2D eigenvalue weighted by atomic mass is 9.44. The highest BCUT2D eigenvalue weighted by molar-refractivity contribution is 6.01. The fourth-order valence-electron chi connectivity index (χ4n) is 9.49. The van der Waals surface area contributed by atoms with Gasteiger partial charge in [0.2, 0.25) is 11.7 Å². The van der Waals surface area contributed by atoms with Crippen LogP contribution in [0.4, 0.5) is 9.18 Å². The second kappa shape index (κ2) is 16.0. The number of benzene rings is 1. The fourth-order valence-corrected chi connectivity index (χ4v) is 9.49. The molecule has 9 atom stereocenters. The Morgan fingerprint density at radius 1 is 1.06 bits per heavy atom. The zero-order chi connectivity index (χ0) is 39.6. The van der Waals surface area contributed by atoms with Crippen LogP contribution in [0.1, 0.15) is 71.8 Å². The lowest BCUT2D eigenvalue weighted by Gasteiger charge is -2.62. The van der Waals surface area contributed by atoms with Gasteiger partial charge < -0.3 is 29.7 Å². The Bertz CT molecular complexity index is 1680. The number of fused-ring (bicyclic) bond motifs is 5. The molecule has 1 amide bonds. The Morgan fingerprint density at radius 3 is 2.41 bits per heavy atom. The van der Waals surface area contributed by atoms with E-state index in [4.69, 9.17) is 24.6 Å². The number of nitrogens with zero attached hydrogens (tertiary/aromatic N) is 1. The Kier molecular flexibility index (Phi) is 12.2. The maximum Gasteiger partial charge on any atom is 0.514 e. The number of esters is 1. The van der Waals surface area contributed by atoms with E-state index in [1.165, 1.54) is 31.2 Å². The first-order valence-corrected chi connectivity index (χ1v) is 18.1. The predicted octanol–water partition coefficient (Wildman–Crippen LogP) is 3.50. The first-order valence-electron chi connectivity index (χ1n) is 18.1. The van der Waals surface area contributed by atoms with Crippen LogP contribution in [0, 0.1) is 28.6 Å². The molecule has 5 rings (SSSR count). The maximum absolute atomic E-state index is 17.4. The molecule has 0 aromatic heterocycles. The number of hydrogen-bond acceptors (Lipinski definition) is 14. The van der Waals surface area contributed by atoms with Crippen molar-refractivity contribution in [2.45, 2.75) is 96.1 Å². The van der Waals surface area contributed by atoms with Gasteiger partial charge in [0, 0.05) is 30.1 Å².